The van der Waals surface area contributed by atoms with Gasteiger partial charge in [-0.05, 0) is 61.1 Å². The van der Waals surface area contributed by atoms with Gasteiger partial charge in [0, 0.05) is 41.3 Å². The second kappa shape index (κ2) is 8.94. The average Bonchev–Trinajstić information content (AvgIpc) is 2.83. The number of benzene rings is 3. The van der Waals surface area contributed by atoms with E-state index in [1.807, 2.05) is 73.3 Å². The standard InChI is InChI=1S/C30H29NO3/c1-19-13-20(2)15-23(14-19)31-26-16-22(21-9-5-4-6-10-21)17-27(32)30(26)25(18-29(31)33)24-11-7-8-12-28(24)34-3/h4-15,22,25H,16-18H2,1-3H3. The largest absolute Gasteiger partial charge is 0.496 e. The molecular weight excluding hydrogens is 422 g/mol. The number of anilines is 1. The van der Waals surface area contributed by atoms with Crippen molar-refractivity contribution >= 4 is 17.4 Å². The van der Waals surface area contributed by atoms with Gasteiger partial charge in [0.15, 0.2) is 5.78 Å². The van der Waals surface area contributed by atoms with Crippen molar-refractivity contribution in [2.75, 3.05) is 12.0 Å². The summed E-state index contributed by atoms with van der Waals surface area (Å²) in [5.41, 5.74) is 6.66. The van der Waals surface area contributed by atoms with Crippen molar-refractivity contribution in [3.63, 3.8) is 0 Å². The number of hydrogen-bond acceptors (Lipinski definition) is 3. The van der Waals surface area contributed by atoms with Gasteiger partial charge in [0.25, 0.3) is 0 Å². The van der Waals surface area contributed by atoms with Crippen LogP contribution < -0.4 is 9.64 Å². The van der Waals surface area contributed by atoms with Crippen molar-refractivity contribution in [3.05, 3.63) is 106 Å². The highest BCUT2D eigenvalue weighted by Crippen LogP contribution is 2.48. The van der Waals surface area contributed by atoms with Crippen LogP contribution in [0.15, 0.2) is 84.1 Å². The average molecular weight is 452 g/mol. The molecule has 2 unspecified atom stereocenters. The Labute approximate surface area is 200 Å². The first kappa shape index (κ1) is 22.1. The molecule has 0 N–H and O–H groups in total. The van der Waals surface area contributed by atoms with Crippen LogP contribution in [0.2, 0.25) is 0 Å². The van der Waals surface area contributed by atoms with Gasteiger partial charge in [0.1, 0.15) is 5.75 Å². The summed E-state index contributed by atoms with van der Waals surface area (Å²) < 4.78 is 5.62. The van der Waals surface area contributed by atoms with Crippen molar-refractivity contribution in [2.24, 2.45) is 0 Å². The molecule has 0 spiro atoms. The summed E-state index contributed by atoms with van der Waals surface area (Å²) in [7, 11) is 1.63. The molecule has 5 rings (SSSR count). The molecule has 0 saturated heterocycles. The van der Waals surface area contributed by atoms with Crippen LogP contribution in [0.4, 0.5) is 5.69 Å². The number of nitrogens with zero attached hydrogens (tertiary/aromatic N) is 1. The fraction of sp³-hybridized carbons (Fsp3) is 0.267. The van der Waals surface area contributed by atoms with E-state index < -0.39 is 0 Å². The predicted octanol–water partition coefficient (Wildman–Crippen LogP) is 6.23. The zero-order valence-corrected chi connectivity index (χ0v) is 19.9. The van der Waals surface area contributed by atoms with E-state index in [1.54, 1.807) is 7.11 Å². The van der Waals surface area contributed by atoms with Gasteiger partial charge >= 0.3 is 0 Å². The summed E-state index contributed by atoms with van der Waals surface area (Å²) in [5, 5.41) is 0. The highest BCUT2D eigenvalue weighted by Gasteiger charge is 2.43. The van der Waals surface area contributed by atoms with E-state index in [-0.39, 0.29) is 29.9 Å². The lowest BCUT2D eigenvalue weighted by Gasteiger charge is -2.41. The van der Waals surface area contributed by atoms with Gasteiger partial charge < -0.3 is 4.74 Å². The van der Waals surface area contributed by atoms with Crippen molar-refractivity contribution < 1.29 is 14.3 Å². The number of ether oxygens (including phenoxy) is 1. The van der Waals surface area contributed by atoms with Crippen LogP contribution in [-0.4, -0.2) is 18.8 Å². The van der Waals surface area contributed by atoms with Gasteiger partial charge in [0.2, 0.25) is 5.91 Å². The first-order chi connectivity index (χ1) is 16.5. The molecule has 4 nitrogen and oxygen atoms in total. The number of methoxy groups -OCH3 is 1. The lowest BCUT2D eigenvalue weighted by atomic mass is 9.72. The number of Topliss-reactive ketones (excluding diaryl/α,β-unsaturated/α-hetero) is 1. The van der Waals surface area contributed by atoms with E-state index in [0.29, 0.717) is 18.6 Å². The Balaban J connectivity index is 1.69. The van der Waals surface area contributed by atoms with Gasteiger partial charge in [-0.15, -0.1) is 0 Å². The van der Waals surface area contributed by atoms with Gasteiger partial charge in [0.05, 0.1) is 7.11 Å². The number of carbonyl (C=O) groups excluding carboxylic acids is 2. The number of allylic oxidation sites excluding steroid dienone is 2. The molecule has 3 aromatic rings. The third kappa shape index (κ3) is 3.94. The normalized spacial score (nSPS) is 20.4. The number of para-hydroxylation sites is 1. The molecule has 1 amide bonds. The van der Waals surface area contributed by atoms with E-state index in [0.717, 1.165) is 39.2 Å². The van der Waals surface area contributed by atoms with E-state index >= 15 is 0 Å². The fourth-order valence-corrected chi connectivity index (χ4v) is 5.60. The first-order valence-electron chi connectivity index (χ1n) is 11.8. The third-order valence-corrected chi connectivity index (χ3v) is 6.98. The zero-order valence-electron chi connectivity index (χ0n) is 19.9. The summed E-state index contributed by atoms with van der Waals surface area (Å²) >= 11 is 0. The monoisotopic (exact) mass is 451 g/mol. The molecule has 1 aliphatic heterocycles. The Morgan fingerprint density at radius 2 is 1.50 bits per heavy atom. The molecule has 172 valence electrons. The molecule has 34 heavy (non-hydrogen) atoms. The summed E-state index contributed by atoms with van der Waals surface area (Å²) in [5.74, 6) is 0.592. The molecule has 0 aromatic heterocycles. The number of rotatable bonds is 4. The molecule has 1 aliphatic carbocycles. The summed E-state index contributed by atoms with van der Waals surface area (Å²) in [4.78, 5) is 29.3. The van der Waals surface area contributed by atoms with Crippen LogP contribution in [-0.2, 0) is 9.59 Å². The fourth-order valence-electron chi connectivity index (χ4n) is 5.60. The van der Waals surface area contributed by atoms with Gasteiger partial charge in [-0.25, -0.2) is 0 Å². The molecule has 4 heteroatoms. The van der Waals surface area contributed by atoms with Crippen molar-refractivity contribution in [1.82, 2.24) is 0 Å². The molecular formula is C30H29NO3. The number of hydrogen-bond donors (Lipinski definition) is 0. The quantitative estimate of drug-likeness (QED) is 0.472. The van der Waals surface area contributed by atoms with Gasteiger partial charge in [-0.2, -0.15) is 0 Å². The van der Waals surface area contributed by atoms with Crippen LogP contribution in [0.25, 0.3) is 0 Å². The number of carbonyl (C=O) groups is 2. The van der Waals surface area contributed by atoms with E-state index in [1.165, 1.54) is 0 Å². The Hall–Kier alpha value is -3.66. The Morgan fingerprint density at radius 1 is 0.824 bits per heavy atom. The minimum atomic E-state index is -0.301. The van der Waals surface area contributed by atoms with E-state index in [9.17, 15) is 9.59 Å². The molecule has 2 atom stereocenters. The zero-order chi connectivity index (χ0) is 23.8. The third-order valence-electron chi connectivity index (χ3n) is 6.98. The first-order valence-corrected chi connectivity index (χ1v) is 11.8. The molecule has 0 fully saturated rings. The van der Waals surface area contributed by atoms with Crippen LogP contribution in [0.5, 0.6) is 5.75 Å². The molecule has 2 aliphatic rings. The van der Waals surface area contributed by atoms with Crippen molar-refractivity contribution in [1.29, 1.82) is 0 Å². The summed E-state index contributed by atoms with van der Waals surface area (Å²) in [6, 6.07) is 24.1. The lowest BCUT2D eigenvalue weighted by Crippen LogP contribution is -2.42. The van der Waals surface area contributed by atoms with Gasteiger partial charge in [-0.1, -0.05) is 54.6 Å². The van der Waals surface area contributed by atoms with Crippen molar-refractivity contribution in [2.45, 2.75) is 44.9 Å². The minimum Gasteiger partial charge on any atom is -0.496 e. The maximum Gasteiger partial charge on any atom is 0.232 e. The van der Waals surface area contributed by atoms with Crippen LogP contribution in [0.1, 0.15) is 53.4 Å². The highest BCUT2D eigenvalue weighted by atomic mass is 16.5. The maximum absolute atomic E-state index is 13.8. The SMILES string of the molecule is COc1ccccc1C1CC(=O)N(c2cc(C)cc(C)c2)C2=C1C(=O)CC(c1ccccc1)C2. The Kier molecular flexibility index (Phi) is 5.82. The van der Waals surface area contributed by atoms with Crippen LogP contribution >= 0.6 is 0 Å². The van der Waals surface area contributed by atoms with E-state index in [4.69, 9.17) is 4.74 Å². The van der Waals surface area contributed by atoms with E-state index in [2.05, 4.69) is 18.2 Å². The highest BCUT2D eigenvalue weighted by molar-refractivity contribution is 6.08. The summed E-state index contributed by atoms with van der Waals surface area (Å²) in [6.07, 6.45) is 1.34. The molecule has 3 aromatic carbocycles. The number of aryl methyl sites for hydroxylation is 2. The van der Waals surface area contributed by atoms with Crippen molar-refractivity contribution in [3.8, 4) is 5.75 Å². The minimum absolute atomic E-state index is 0.0150. The molecule has 0 bridgehead atoms. The molecule has 0 radical (unpaired) electrons. The topological polar surface area (TPSA) is 46.6 Å². The smallest absolute Gasteiger partial charge is 0.232 e. The van der Waals surface area contributed by atoms with Crippen LogP contribution in [0, 0.1) is 13.8 Å². The summed E-state index contributed by atoms with van der Waals surface area (Å²) in [6.45, 7) is 4.08. The number of ketones is 1. The Bertz CT molecular complexity index is 1270. The van der Waals surface area contributed by atoms with Crippen LogP contribution in [0.3, 0.4) is 0 Å². The Morgan fingerprint density at radius 3 is 2.21 bits per heavy atom. The second-order valence-corrected chi connectivity index (χ2v) is 9.37. The molecule has 1 heterocycles. The maximum atomic E-state index is 13.8. The van der Waals surface area contributed by atoms with Gasteiger partial charge in [-0.3, -0.25) is 14.5 Å². The number of amides is 1. The predicted molar refractivity (Wildman–Crippen MR) is 134 cm³/mol. The lowest BCUT2D eigenvalue weighted by molar-refractivity contribution is -0.120. The second-order valence-electron chi connectivity index (χ2n) is 9.37. The molecule has 0 saturated carbocycles.